The number of sulfonamides is 1. The third-order valence-electron chi connectivity index (χ3n) is 5.27. The maximum Gasteiger partial charge on any atom is 0.322 e. The molecule has 0 aromatic heterocycles. The Morgan fingerprint density at radius 1 is 0.882 bits per heavy atom. The number of benzene rings is 3. The largest absolute Gasteiger partial charge is 0.480 e. The molecule has 0 aliphatic carbocycles. The molecule has 0 saturated heterocycles. The standard InChI is InChI=1S/C25H23F2NO5S/c1-15(2)24(25(30)31)28-34(32,33)20-10-7-18(8-11-20)17-5-3-16(4-6-17)13-23(29)19-9-12-21(26)22(27)14-19/h3-12,14-15,24,28H,13H2,1-2H3,(H,30,31)/t24-/m0/s1. The molecule has 2 N–H and O–H groups in total. The number of hydrogen-bond donors (Lipinski definition) is 2. The van der Waals surface area contributed by atoms with Crippen molar-refractivity contribution < 1.29 is 31.9 Å². The number of halogens is 2. The Morgan fingerprint density at radius 2 is 1.44 bits per heavy atom. The summed E-state index contributed by atoms with van der Waals surface area (Å²) in [5.74, 6) is -4.13. The van der Waals surface area contributed by atoms with E-state index < -0.39 is 39.6 Å². The van der Waals surface area contributed by atoms with Crippen LogP contribution < -0.4 is 4.72 Å². The molecule has 0 aliphatic rings. The molecular formula is C25H23F2NO5S. The van der Waals surface area contributed by atoms with Crippen molar-refractivity contribution in [1.82, 2.24) is 4.72 Å². The Balaban J connectivity index is 1.72. The average Bonchev–Trinajstić information content (AvgIpc) is 2.79. The number of ketones is 1. The van der Waals surface area contributed by atoms with Crippen LogP contribution in [0, 0.1) is 17.6 Å². The number of aliphatic carboxylic acids is 1. The Kier molecular flexibility index (Phi) is 7.58. The zero-order valence-electron chi connectivity index (χ0n) is 18.5. The number of hydrogen-bond acceptors (Lipinski definition) is 4. The van der Waals surface area contributed by atoms with Gasteiger partial charge >= 0.3 is 5.97 Å². The lowest BCUT2D eigenvalue weighted by Gasteiger charge is -2.18. The summed E-state index contributed by atoms with van der Waals surface area (Å²) in [6.07, 6.45) is 0.00873. The van der Waals surface area contributed by atoms with Crippen LogP contribution in [0.15, 0.2) is 71.6 Å². The molecule has 0 amide bonds. The van der Waals surface area contributed by atoms with Gasteiger partial charge in [-0.1, -0.05) is 50.2 Å². The normalized spacial score (nSPS) is 12.5. The van der Waals surface area contributed by atoms with Crippen molar-refractivity contribution >= 4 is 21.8 Å². The second-order valence-electron chi connectivity index (χ2n) is 8.13. The van der Waals surface area contributed by atoms with Crippen molar-refractivity contribution in [3.05, 3.63) is 89.5 Å². The third kappa shape index (κ3) is 5.92. The van der Waals surface area contributed by atoms with Gasteiger partial charge in [0.15, 0.2) is 17.4 Å². The molecule has 0 fully saturated rings. The minimum absolute atomic E-state index is 0.00873. The first-order valence-electron chi connectivity index (χ1n) is 10.4. The summed E-state index contributed by atoms with van der Waals surface area (Å²) in [7, 11) is -4.02. The van der Waals surface area contributed by atoms with Gasteiger partial charge in [0.2, 0.25) is 10.0 Å². The summed E-state index contributed by atoms with van der Waals surface area (Å²) >= 11 is 0. The van der Waals surface area contributed by atoms with Crippen LogP contribution in [0.5, 0.6) is 0 Å². The maximum absolute atomic E-state index is 13.4. The van der Waals surface area contributed by atoms with Crippen molar-refractivity contribution in [3.8, 4) is 11.1 Å². The van der Waals surface area contributed by atoms with Crippen molar-refractivity contribution in [2.75, 3.05) is 0 Å². The zero-order chi connectivity index (χ0) is 25.0. The molecule has 3 aromatic rings. The summed E-state index contributed by atoms with van der Waals surface area (Å²) in [6.45, 7) is 3.22. The van der Waals surface area contributed by atoms with E-state index in [2.05, 4.69) is 4.72 Å². The lowest BCUT2D eigenvalue weighted by Crippen LogP contribution is -2.44. The minimum atomic E-state index is -4.02. The van der Waals surface area contributed by atoms with Gasteiger partial charge in [0.1, 0.15) is 6.04 Å². The van der Waals surface area contributed by atoms with Crippen LogP contribution >= 0.6 is 0 Å². The van der Waals surface area contributed by atoms with Crippen LogP contribution in [-0.4, -0.2) is 31.3 Å². The predicted octanol–water partition coefficient (Wildman–Crippen LogP) is 4.44. The van der Waals surface area contributed by atoms with Crippen LogP contribution in [0.1, 0.15) is 29.8 Å². The van der Waals surface area contributed by atoms with Crippen molar-refractivity contribution in [2.24, 2.45) is 5.92 Å². The van der Waals surface area contributed by atoms with Crippen LogP contribution in [-0.2, 0) is 21.2 Å². The molecule has 0 spiro atoms. The summed E-state index contributed by atoms with van der Waals surface area (Å²) in [5.41, 5.74) is 2.24. The zero-order valence-corrected chi connectivity index (χ0v) is 19.3. The van der Waals surface area contributed by atoms with Crippen molar-refractivity contribution in [1.29, 1.82) is 0 Å². The van der Waals surface area contributed by atoms with Crippen LogP contribution in [0.3, 0.4) is 0 Å². The monoisotopic (exact) mass is 487 g/mol. The fourth-order valence-electron chi connectivity index (χ4n) is 3.31. The number of carbonyl (C=O) groups is 2. The Morgan fingerprint density at radius 3 is 1.94 bits per heavy atom. The number of rotatable bonds is 9. The molecule has 0 bridgehead atoms. The molecule has 3 rings (SSSR count). The molecule has 34 heavy (non-hydrogen) atoms. The van der Waals surface area contributed by atoms with Crippen LogP contribution in [0.25, 0.3) is 11.1 Å². The van der Waals surface area contributed by atoms with Gasteiger partial charge in [0.05, 0.1) is 4.90 Å². The molecule has 178 valence electrons. The SMILES string of the molecule is CC(C)[C@H](NS(=O)(=O)c1ccc(-c2ccc(CC(=O)c3ccc(F)c(F)c3)cc2)cc1)C(=O)O. The fourth-order valence-corrected chi connectivity index (χ4v) is 4.64. The predicted molar refractivity (Wildman–Crippen MR) is 123 cm³/mol. The number of Topliss-reactive ketones (excluding diaryl/α,β-unsaturated/α-hetero) is 1. The molecule has 9 heteroatoms. The highest BCUT2D eigenvalue weighted by Crippen LogP contribution is 2.23. The maximum atomic E-state index is 13.4. The highest BCUT2D eigenvalue weighted by atomic mass is 32.2. The third-order valence-corrected chi connectivity index (χ3v) is 6.73. The van der Waals surface area contributed by atoms with E-state index in [1.807, 2.05) is 0 Å². The Labute approximate surface area is 196 Å². The molecule has 3 aromatic carbocycles. The van der Waals surface area contributed by atoms with E-state index in [9.17, 15) is 31.9 Å². The lowest BCUT2D eigenvalue weighted by molar-refractivity contribution is -0.140. The first-order valence-corrected chi connectivity index (χ1v) is 11.9. The van der Waals surface area contributed by atoms with E-state index in [-0.39, 0.29) is 22.7 Å². The van der Waals surface area contributed by atoms with Gasteiger partial charge in [-0.05, 0) is 52.9 Å². The van der Waals surface area contributed by atoms with Gasteiger partial charge in [0.25, 0.3) is 0 Å². The van der Waals surface area contributed by atoms with Gasteiger partial charge in [0, 0.05) is 12.0 Å². The molecule has 0 heterocycles. The number of carbonyl (C=O) groups excluding carboxylic acids is 1. The molecule has 0 aliphatic heterocycles. The van der Waals surface area contributed by atoms with Gasteiger partial charge < -0.3 is 5.11 Å². The average molecular weight is 488 g/mol. The Bertz CT molecular complexity index is 1300. The molecule has 0 unspecified atom stereocenters. The van der Waals surface area contributed by atoms with Gasteiger partial charge in [-0.25, -0.2) is 17.2 Å². The number of carboxylic acid groups (broad SMARTS) is 1. The molecule has 6 nitrogen and oxygen atoms in total. The fraction of sp³-hybridized carbons (Fsp3) is 0.200. The molecular weight excluding hydrogens is 464 g/mol. The van der Waals surface area contributed by atoms with E-state index in [1.165, 1.54) is 18.2 Å². The second-order valence-corrected chi connectivity index (χ2v) is 9.85. The lowest BCUT2D eigenvalue weighted by atomic mass is 9.99. The van der Waals surface area contributed by atoms with E-state index in [4.69, 9.17) is 0 Å². The molecule has 1 atom stereocenters. The molecule has 0 saturated carbocycles. The quantitative estimate of drug-likeness (QED) is 0.435. The summed E-state index contributed by atoms with van der Waals surface area (Å²) < 4.78 is 53.7. The minimum Gasteiger partial charge on any atom is -0.480 e. The van der Waals surface area contributed by atoms with E-state index in [1.54, 1.807) is 50.2 Å². The van der Waals surface area contributed by atoms with Crippen molar-refractivity contribution in [2.45, 2.75) is 31.2 Å². The van der Waals surface area contributed by atoms with E-state index >= 15 is 0 Å². The number of carboxylic acids is 1. The molecule has 0 radical (unpaired) electrons. The van der Waals surface area contributed by atoms with Gasteiger partial charge in [-0.15, -0.1) is 0 Å². The highest BCUT2D eigenvalue weighted by molar-refractivity contribution is 7.89. The van der Waals surface area contributed by atoms with Crippen molar-refractivity contribution in [3.63, 3.8) is 0 Å². The highest BCUT2D eigenvalue weighted by Gasteiger charge is 2.28. The summed E-state index contributed by atoms with van der Waals surface area (Å²) in [4.78, 5) is 23.6. The van der Waals surface area contributed by atoms with Gasteiger partial charge in [-0.2, -0.15) is 4.72 Å². The van der Waals surface area contributed by atoms with E-state index in [0.717, 1.165) is 23.3 Å². The first kappa shape index (κ1) is 25.2. The topological polar surface area (TPSA) is 101 Å². The van der Waals surface area contributed by atoms with Crippen LogP contribution in [0.4, 0.5) is 8.78 Å². The first-order chi connectivity index (χ1) is 16.0. The number of nitrogens with one attached hydrogen (secondary N) is 1. The van der Waals surface area contributed by atoms with E-state index in [0.29, 0.717) is 5.56 Å². The second kappa shape index (κ2) is 10.2. The summed E-state index contributed by atoms with van der Waals surface area (Å²) in [6, 6.07) is 14.7. The smallest absolute Gasteiger partial charge is 0.322 e. The van der Waals surface area contributed by atoms with Gasteiger partial charge in [-0.3, -0.25) is 9.59 Å². The van der Waals surface area contributed by atoms with Crippen LogP contribution in [0.2, 0.25) is 0 Å². The Hall–Kier alpha value is -3.43. The summed E-state index contributed by atoms with van der Waals surface area (Å²) in [5, 5.41) is 9.23.